The fourth-order valence-corrected chi connectivity index (χ4v) is 1.11. The van der Waals surface area contributed by atoms with Crippen molar-refractivity contribution >= 4 is 11.1 Å². The number of allylic oxidation sites excluding steroid dienone is 2. The van der Waals surface area contributed by atoms with Gasteiger partial charge in [0.25, 0.3) is 0 Å². The first-order valence-corrected chi connectivity index (χ1v) is 5.88. The largest absolute Gasteiger partial charge is 0.264 e. The molecular formula is C15H25N. The molecule has 0 aliphatic heterocycles. The molecule has 1 aromatic rings. The van der Waals surface area contributed by atoms with Crippen LogP contribution in [0.5, 0.6) is 0 Å². The van der Waals surface area contributed by atoms with E-state index in [4.69, 9.17) is 0 Å². The summed E-state index contributed by atoms with van der Waals surface area (Å²) in [5, 5.41) is 0. The molecule has 0 atom stereocenters. The standard InChI is InChI=1S/C11H13N.2C2H6/c1-8(2)10-5-6-12-7-11(10)9(3)4;2*1-2/h5-7H,1,3H2,2,4H3;2*1-2H3. The fourth-order valence-electron chi connectivity index (χ4n) is 1.11. The van der Waals surface area contributed by atoms with Crippen LogP contribution in [-0.4, -0.2) is 4.98 Å². The molecule has 0 aliphatic rings. The maximum absolute atomic E-state index is 4.05. The Hall–Kier alpha value is -1.37. The van der Waals surface area contributed by atoms with E-state index in [-0.39, 0.29) is 0 Å². The SMILES string of the molecule is C=C(C)c1ccncc1C(=C)C.CC.CC. The zero-order chi connectivity index (χ0) is 13.1. The van der Waals surface area contributed by atoms with Crippen molar-refractivity contribution < 1.29 is 0 Å². The van der Waals surface area contributed by atoms with E-state index in [0.717, 1.165) is 22.3 Å². The maximum atomic E-state index is 4.05. The van der Waals surface area contributed by atoms with Gasteiger partial charge in [0.15, 0.2) is 0 Å². The van der Waals surface area contributed by atoms with E-state index in [1.165, 1.54) is 0 Å². The van der Waals surface area contributed by atoms with Crippen LogP contribution < -0.4 is 0 Å². The second-order valence-electron chi connectivity index (χ2n) is 2.98. The van der Waals surface area contributed by atoms with E-state index in [0.29, 0.717) is 0 Å². The van der Waals surface area contributed by atoms with Crippen LogP contribution >= 0.6 is 0 Å². The molecule has 0 amide bonds. The quantitative estimate of drug-likeness (QED) is 0.666. The Kier molecular flexibility index (Phi) is 10.8. The van der Waals surface area contributed by atoms with Gasteiger partial charge in [-0.05, 0) is 31.1 Å². The Bertz CT molecular complexity index is 291. The second kappa shape index (κ2) is 10.2. The number of hydrogen-bond acceptors (Lipinski definition) is 1. The zero-order valence-corrected chi connectivity index (χ0v) is 11.6. The Balaban J connectivity index is 0. The third kappa shape index (κ3) is 5.50. The van der Waals surface area contributed by atoms with Gasteiger partial charge < -0.3 is 0 Å². The molecule has 0 radical (unpaired) electrons. The van der Waals surface area contributed by atoms with Crippen LogP contribution in [0.3, 0.4) is 0 Å². The summed E-state index contributed by atoms with van der Waals surface area (Å²) in [6, 6.07) is 1.96. The molecule has 90 valence electrons. The van der Waals surface area contributed by atoms with Crippen molar-refractivity contribution in [3.8, 4) is 0 Å². The summed E-state index contributed by atoms with van der Waals surface area (Å²) in [5.41, 5.74) is 4.30. The lowest BCUT2D eigenvalue weighted by molar-refractivity contribution is 1.29. The van der Waals surface area contributed by atoms with Crippen molar-refractivity contribution in [2.24, 2.45) is 0 Å². The fraction of sp³-hybridized carbons (Fsp3) is 0.400. The molecule has 0 fully saturated rings. The Morgan fingerprint density at radius 3 is 1.69 bits per heavy atom. The molecule has 0 N–H and O–H groups in total. The number of aromatic nitrogens is 1. The first kappa shape index (κ1) is 17.0. The van der Waals surface area contributed by atoms with E-state index >= 15 is 0 Å². The minimum Gasteiger partial charge on any atom is -0.264 e. The molecule has 0 aliphatic carbocycles. The van der Waals surface area contributed by atoms with Crippen LogP contribution in [0.4, 0.5) is 0 Å². The Morgan fingerprint density at radius 1 is 0.938 bits per heavy atom. The minimum absolute atomic E-state index is 1.03. The highest BCUT2D eigenvalue weighted by Crippen LogP contribution is 2.21. The van der Waals surface area contributed by atoms with Gasteiger partial charge in [-0.2, -0.15) is 0 Å². The van der Waals surface area contributed by atoms with E-state index in [2.05, 4.69) is 18.1 Å². The highest BCUT2D eigenvalue weighted by Gasteiger charge is 2.01. The number of hydrogen-bond donors (Lipinski definition) is 0. The van der Waals surface area contributed by atoms with Gasteiger partial charge in [-0.15, -0.1) is 0 Å². The summed E-state index contributed by atoms with van der Waals surface area (Å²) in [6.07, 6.45) is 3.60. The normalized spacial score (nSPS) is 7.88. The van der Waals surface area contributed by atoms with Gasteiger partial charge in [0.05, 0.1) is 0 Å². The summed E-state index contributed by atoms with van der Waals surface area (Å²) >= 11 is 0. The van der Waals surface area contributed by atoms with Crippen molar-refractivity contribution in [2.45, 2.75) is 41.5 Å². The second-order valence-corrected chi connectivity index (χ2v) is 2.98. The third-order valence-electron chi connectivity index (χ3n) is 1.74. The van der Waals surface area contributed by atoms with Crippen molar-refractivity contribution in [3.05, 3.63) is 42.7 Å². The molecule has 1 heterocycles. The Labute approximate surface area is 101 Å². The lowest BCUT2D eigenvalue weighted by atomic mass is 10.0. The lowest BCUT2D eigenvalue weighted by Gasteiger charge is -2.06. The molecule has 0 aromatic carbocycles. The minimum atomic E-state index is 1.03. The summed E-state index contributed by atoms with van der Waals surface area (Å²) in [4.78, 5) is 4.05. The molecule has 1 heteroatoms. The summed E-state index contributed by atoms with van der Waals surface area (Å²) in [6.45, 7) is 19.8. The van der Waals surface area contributed by atoms with Gasteiger partial charge in [-0.1, -0.05) is 46.4 Å². The van der Waals surface area contributed by atoms with Gasteiger partial charge in [0.2, 0.25) is 0 Å². The first-order chi connectivity index (χ1) is 7.63. The molecule has 0 bridgehead atoms. The van der Waals surface area contributed by atoms with Crippen LogP contribution in [0, 0.1) is 0 Å². The van der Waals surface area contributed by atoms with Crippen molar-refractivity contribution in [1.29, 1.82) is 0 Å². The monoisotopic (exact) mass is 219 g/mol. The molecule has 0 unspecified atom stereocenters. The highest BCUT2D eigenvalue weighted by molar-refractivity contribution is 5.75. The molecule has 0 saturated heterocycles. The van der Waals surface area contributed by atoms with Crippen LogP contribution in [0.25, 0.3) is 11.1 Å². The van der Waals surface area contributed by atoms with Crippen LogP contribution in [0.15, 0.2) is 31.6 Å². The van der Waals surface area contributed by atoms with E-state index < -0.39 is 0 Å². The van der Waals surface area contributed by atoms with Crippen LogP contribution in [0.2, 0.25) is 0 Å². The predicted octanol–water partition coefficient (Wildman–Crippen LogP) is 5.20. The number of pyridine rings is 1. The molecule has 0 saturated carbocycles. The van der Waals surface area contributed by atoms with Crippen LogP contribution in [0.1, 0.15) is 52.7 Å². The van der Waals surface area contributed by atoms with Crippen molar-refractivity contribution in [3.63, 3.8) is 0 Å². The van der Waals surface area contributed by atoms with E-state index in [1.54, 1.807) is 6.20 Å². The van der Waals surface area contributed by atoms with Gasteiger partial charge in [-0.3, -0.25) is 4.98 Å². The smallest absolute Gasteiger partial charge is 0.0348 e. The molecule has 1 rings (SSSR count). The molecule has 0 spiro atoms. The average Bonchev–Trinajstić information content (AvgIpc) is 2.34. The van der Waals surface area contributed by atoms with Crippen molar-refractivity contribution in [2.75, 3.05) is 0 Å². The van der Waals surface area contributed by atoms with Gasteiger partial charge in [0.1, 0.15) is 0 Å². The maximum Gasteiger partial charge on any atom is 0.0348 e. The van der Waals surface area contributed by atoms with E-state index in [1.807, 2.05) is 53.8 Å². The molecule has 1 nitrogen and oxygen atoms in total. The number of nitrogens with zero attached hydrogens (tertiary/aromatic N) is 1. The van der Waals surface area contributed by atoms with Crippen LogP contribution in [-0.2, 0) is 0 Å². The summed E-state index contributed by atoms with van der Waals surface area (Å²) in [7, 11) is 0. The molecule has 16 heavy (non-hydrogen) atoms. The van der Waals surface area contributed by atoms with Gasteiger partial charge >= 0.3 is 0 Å². The van der Waals surface area contributed by atoms with E-state index in [9.17, 15) is 0 Å². The molecule has 1 aromatic heterocycles. The Morgan fingerprint density at radius 2 is 1.38 bits per heavy atom. The predicted molar refractivity (Wildman–Crippen MR) is 76.3 cm³/mol. The number of rotatable bonds is 2. The zero-order valence-electron chi connectivity index (χ0n) is 11.6. The third-order valence-corrected chi connectivity index (χ3v) is 1.74. The highest BCUT2D eigenvalue weighted by atomic mass is 14.6. The summed E-state index contributed by atoms with van der Waals surface area (Å²) in [5.74, 6) is 0. The van der Waals surface area contributed by atoms with Gasteiger partial charge in [-0.25, -0.2) is 0 Å². The topological polar surface area (TPSA) is 12.9 Å². The first-order valence-electron chi connectivity index (χ1n) is 5.88. The summed E-state index contributed by atoms with van der Waals surface area (Å²) < 4.78 is 0. The lowest BCUT2D eigenvalue weighted by Crippen LogP contribution is -1.88. The average molecular weight is 219 g/mol. The van der Waals surface area contributed by atoms with Gasteiger partial charge in [0, 0.05) is 18.0 Å². The molecular weight excluding hydrogens is 194 g/mol. The van der Waals surface area contributed by atoms with Crippen molar-refractivity contribution in [1.82, 2.24) is 4.98 Å².